The highest BCUT2D eigenvalue weighted by molar-refractivity contribution is 7.15. The van der Waals surface area contributed by atoms with Crippen LogP contribution < -0.4 is 5.32 Å². The van der Waals surface area contributed by atoms with Gasteiger partial charge in [-0.05, 0) is 17.0 Å². The second kappa shape index (κ2) is 5.98. The van der Waals surface area contributed by atoms with E-state index < -0.39 is 0 Å². The number of anilines is 1. The number of hydrogen-bond donors (Lipinski definition) is 1. The Kier molecular flexibility index (Phi) is 3.90. The zero-order valence-electron chi connectivity index (χ0n) is 10.6. The molecule has 20 heavy (non-hydrogen) atoms. The highest BCUT2D eigenvalue weighted by atomic mass is 32.1. The first kappa shape index (κ1) is 13.0. The fourth-order valence-electron chi connectivity index (χ4n) is 1.81. The molecular formula is C15H12N2OS2. The van der Waals surface area contributed by atoms with Crippen LogP contribution >= 0.6 is 22.7 Å². The van der Waals surface area contributed by atoms with Crippen molar-refractivity contribution in [1.29, 1.82) is 0 Å². The first-order chi connectivity index (χ1) is 9.81. The molecule has 3 aromatic rings. The lowest BCUT2D eigenvalue weighted by Crippen LogP contribution is -2.10. The fraction of sp³-hybridized carbons (Fsp3) is 0.0667. The molecule has 100 valence electrons. The highest BCUT2D eigenvalue weighted by Crippen LogP contribution is 2.22. The van der Waals surface area contributed by atoms with Crippen LogP contribution in [0.15, 0.2) is 53.4 Å². The van der Waals surface area contributed by atoms with E-state index >= 15 is 0 Å². The summed E-state index contributed by atoms with van der Waals surface area (Å²) in [4.78, 5) is 17.3. The largest absolute Gasteiger partial charge is 0.298 e. The lowest BCUT2D eigenvalue weighted by atomic mass is 10.1. The molecule has 0 saturated heterocycles. The van der Waals surface area contributed by atoms with Gasteiger partial charge in [-0.3, -0.25) is 10.1 Å². The van der Waals surface area contributed by atoms with Gasteiger partial charge < -0.3 is 0 Å². The van der Waals surface area contributed by atoms with Crippen molar-refractivity contribution < 1.29 is 4.79 Å². The third-order valence-electron chi connectivity index (χ3n) is 2.78. The molecule has 0 radical (unpaired) electrons. The van der Waals surface area contributed by atoms with Crippen molar-refractivity contribution in [2.45, 2.75) is 6.42 Å². The molecule has 1 N–H and O–H groups in total. The van der Waals surface area contributed by atoms with Crippen molar-refractivity contribution >= 4 is 33.7 Å². The highest BCUT2D eigenvalue weighted by Gasteiger charge is 2.09. The Bertz CT molecular complexity index is 690. The zero-order chi connectivity index (χ0) is 13.8. The van der Waals surface area contributed by atoms with Gasteiger partial charge in [0.2, 0.25) is 0 Å². The van der Waals surface area contributed by atoms with E-state index in [4.69, 9.17) is 0 Å². The minimum absolute atomic E-state index is 0.105. The predicted molar refractivity (Wildman–Crippen MR) is 83.6 cm³/mol. The van der Waals surface area contributed by atoms with Crippen molar-refractivity contribution in [3.63, 3.8) is 0 Å². The smallest absolute Gasteiger partial charge is 0.258 e. The number of rotatable bonds is 4. The number of carbonyl (C=O) groups excluding carboxylic acids is 1. The van der Waals surface area contributed by atoms with Crippen molar-refractivity contribution in [3.8, 4) is 0 Å². The van der Waals surface area contributed by atoms with Gasteiger partial charge in [0.15, 0.2) is 5.13 Å². The Morgan fingerprint density at radius 2 is 2.05 bits per heavy atom. The normalized spacial score (nSPS) is 10.4. The lowest BCUT2D eigenvalue weighted by Gasteiger charge is -1.98. The number of thiazole rings is 1. The maximum atomic E-state index is 11.9. The summed E-state index contributed by atoms with van der Waals surface area (Å²) in [5.74, 6) is -0.105. The van der Waals surface area contributed by atoms with Gasteiger partial charge in [-0.25, -0.2) is 4.98 Å². The molecule has 0 fully saturated rings. The van der Waals surface area contributed by atoms with Gasteiger partial charge in [-0.15, -0.1) is 11.3 Å². The van der Waals surface area contributed by atoms with Crippen molar-refractivity contribution in [3.05, 3.63) is 69.4 Å². The van der Waals surface area contributed by atoms with Crippen molar-refractivity contribution in [1.82, 2.24) is 4.98 Å². The van der Waals surface area contributed by atoms with Crippen LogP contribution in [0.25, 0.3) is 0 Å². The molecule has 1 amide bonds. The van der Waals surface area contributed by atoms with Crippen LogP contribution in [0.4, 0.5) is 5.13 Å². The van der Waals surface area contributed by atoms with Crippen LogP contribution in [0.3, 0.4) is 0 Å². The molecule has 3 rings (SSSR count). The fourth-order valence-corrected chi connectivity index (χ4v) is 3.28. The standard InChI is InChI=1S/C15H12N2OS2/c18-14(12-6-7-19-10-12)17-15-16-9-13(20-15)8-11-4-2-1-3-5-11/h1-7,9-10H,8H2,(H,16,17,18). The Labute approximate surface area is 124 Å². The average Bonchev–Trinajstić information content (AvgIpc) is 3.11. The van der Waals surface area contributed by atoms with Crippen LogP contribution in [-0.4, -0.2) is 10.9 Å². The van der Waals surface area contributed by atoms with Gasteiger partial charge in [0, 0.05) is 22.9 Å². The van der Waals surface area contributed by atoms with Gasteiger partial charge in [-0.2, -0.15) is 11.3 Å². The minimum atomic E-state index is -0.105. The van der Waals surface area contributed by atoms with Crippen LogP contribution in [-0.2, 0) is 6.42 Å². The summed E-state index contributed by atoms with van der Waals surface area (Å²) in [5.41, 5.74) is 1.92. The number of thiophene rings is 1. The Morgan fingerprint density at radius 3 is 2.80 bits per heavy atom. The Morgan fingerprint density at radius 1 is 1.20 bits per heavy atom. The van der Waals surface area contributed by atoms with E-state index in [9.17, 15) is 4.79 Å². The summed E-state index contributed by atoms with van der Waals surface area (Å²) < 4.78 is 0. The molecule has 0 aliphatic carbocycles. The zero-order valence-corrected chi connectivity index (χ0v) is 12.2. The molecule has 0 aliphatic heterocycles. The lowest BCUT2D eigenvalue weighted by molar-refractivity contribution is 0.102. The van der Waals surface area contributed by atoms with Gasteiger partial charge >= 0.3 is 0 Å². The van der Waals surface area contributed by atoms with Gasteiger partial charge in [-0.1, -0.05) is 30.3 Å². The summed E-state index contributed by atoms with van der Waals surface area (Å²) in [7, 11) is 0. The third-order valence-corrected chi connectivity index (χ3v) is 4.37. The SMILES string of the molecule is O=C(Nc1ncc(Cc2ccccc2)s1)c1ccsc1. The number of amides is 1. The molecule has 0 aliphatic rings. The Hall–Kier alpha value is -1.98. The van der Waals surface area contributed by atoms with E-state index in [1.807, 2.05) is 35.2 Å². The monoisotopic (exact) mass is 300 g/mol. The topological polar surface area (TPSA) is 42.0 Å². The van der Waals surface area contributed by atoms with Crippen LogP contribution in [0.5, 0.6) is 0 Å². The van der Waals surface area contributed by atoms with Crippen LogP contribution in [0.2, 0.25) is 0 Å². The maximum Gasteiger partial charge on any atom is 0.258 e. The molecule has 1 aromatic carbocycles. The second-order valence-corrected chi connectivity index (χ2v) is 6.16. The van der Waals surface area contributed by atoms with Gasteiger partial charge in [0.05, 0.1) is 5.56 Å². The summed E-state index contributed by atoms with van der Waals surface area (Å²) in [6, 6.07) is 12.0. The number of nitrogens with zero attached hydrogens (tertiary/aromatic N) is 1. The van der Waals surface area contributed by atoms with Gasteiger partial charge in [0.25, 0.3) is 5.91 Å². The average molecular weight is 300 g/mol. The number of hydrogen-bond acceptors (Lipinski definition) is 4. The summed E-state index contributed by atoms with van der Waals surface area (Å²) >= 11 is 3.02. The molecular weight excluding hydrogens is 288 g/mol. The first-order valence-electron chi connectivity index (χ1n) is 6.13. The quantitative estimate of drug-likeness (QED) is 0.790. The second-order valence-electron chi connectivity index (χ2n) is 4.26. The van der Waals surface area contributed by atoms with E-state index in [2.05, 4.69) is 22.4 Å². The molecule has 0 spiro atoms. The molecule has 0 saturated carbocycles. The van der Waals surface area contributed by atoms with Crippen molar-refractivity contribution in [2.24, 2.45) is 0 Å². The predicted octanol–water partition coefficient (Wildman–Crippen LogP) is 4.05. The molecule has 0 atom stereocenters. The van der Waals surface area contributed by atoms with Crippen molar-refractivity contribution in [2.75, 3.05) is 5.32 Å². The van der Waals surface area contributed by atoms with E-state index in [1.165, 1.54) is 28.2 Å². The maximum absolute atomic E-state index is 11.9. The number of nitrogens with one attached hydrogen (secondary N) is 1. The first-order valence-corrected chi connectivity index (χ1v) is 7.89. The van der Waals surface area contributed by atoms with E-state index in [0.29, 0.717) is 10.7 Å². The summed E-state index contributed by atoms with van der Waals surface area (Å²) in [6.07, 6.45) is 2.66. The number of carbonyl (C=O) groups is 1. The molecule has 2 heterocycles. The van der Waals surface area contributed by atoms with Crippen LogP contribution in [0, 0.1) is 0 Å². The number of benzene rings is 1. The third kappa shape index (κ3) is 3.12. The van der Waals surface area contributed by atoms with Crippen LogP contribution in [0.1, 0.15) is 20.8 Å². The summed E-state index contributed by atoms with van der Waals surface area (Å²) in [5, 5.41) is 7.18. The number of aromatic nitrogens is 1. The molecule has 3 nitrogen and oxygen atoms in total. The van der Waals surface area contributed by atoms with Gasteiger partial charge in [0.1, 0.15) is 0 Å². The molecule has 5 heteroatoms. The molecule has 0 bridgehead atoms. The summed E-state index contributed by atoms with van der Waals surface area (Å²) in [6.45, 7) is 0. The van der Waals surface area contributed by atoms with E-state index in [-0.39, 0.29) is 5.91 Å². The van der Waals surface area contributed by atoms with E-state index in [1.54, 1.807) is 6.07 Å². The molecule has 2 aromatic heterocycles. The van der Waals surface area contributed by atoms with E-state index in [0.717, 1.165) is 11.3 Å². The minimum Gasteiger partial charge on any atom is -0.298 e. The molecule has 0 unspecified atom stereocenters. The Balaban J connectivity index is 1.67.